The van der Waals surface area contributed by atoms with Gasteiger partial charge in [0, 0.05) is 28.0 Å². The van der Waals surface area contributed by atoms with Crippen LogP contribution in [0.15, 0.2) is 48.5 Å². The Balaban J connectivity index is 1.90. The molecule has 1 atom stereocenters. The first kappa shape index (κ1) is 16.2. The maximum Gasteiger partial charge on any atom is 0.271 e. The first-order chi connectivity index (χ1) is 12.2. The minimum absolute atomic E-state index is 0.00152. The average Bonchev–Trinajstić information content (AvgIpc) is 3.25. The highest BCUT2D eigenvalue weighted by Gasteiger charge is 2.31. The van der Waals surface area contributed by atoms with E-state index in [2.05, 4.69) is 4.98 Å². The van der Waals surface area contributed by atoms with Gasteiger partial charge in [0.25, 0.3) is 5.91 Å². The fourth-order valence-electron chi connectivity index (χ4n) is 3.67. The lowest BCUT2D eigenvalue weighted by Gasteiger charge is -2.23. The van der Waals surface area contributed by atoms with Crippen LogP contribution < -0.4 is 0 Å². The van der Waals surface area contributed by atoms with E-state index in [9.17, 15) is 9.90 Å². The van der Waals surface area contributed by atoms with Gasteiger partial charge in [-0.2, -0.15) is 0 Å². The summed E-state index contributed by atoms with van der Waals surface area (Å²) in [7, 11) is 0. The van der Waals surface area contributed by atoms with E-state index in [1.807, 2.05) is 48.5 Å². The SMILES string of the molecule is O=C(c1[nH]c2ccc(Cl)cc2c1-c1ccccc1)N1CCC[C@@H]1CO. The second-order valence-electron chi connectivity index (χ2n) is 6.41. The van der Waals surface area contributed by atoms with E-state index in [1.54, 1.807) is 4.90 Å². The van der Waals surface area contributed by atoms with Crippen molar-refractivity contribution < 1.29 is 9.90 Å². The van der Waals surface area contributed by atoms with E-state index in [0.717, 1.165) is 34.9 Å². The van der Waals surface area contributed by atoms with E-state index in [-0.39, 0.29) is 18.6 Å². The molecule has 1 saturated heterocycles. The molecule has 0 unspecified atom stereocenters. The zero-order valence-corrected chi connectivity index (χ0v) is 14.5. The Morgan fingerprint density at radius 2 is 2.04 bits per heavy atom. The third-order valence-electron chi connectivity index (χ3n) is 4.89. The number of nitrogens with one attached hydrogen (secondary N) is 1. The van der Waals surface area contributed by atoms with E-state index < -0.39 is 0 Å². The number of hydrogen-bond donors (Lipinski definition) is 2. The van der Waals surface area contributed by atoms with Crippen molar-refractivity contribution in [1.29, 1.82) is 0 Å². The van der Waals surface area contributed by atoms with Crippen molar-refractivity contribution in [3.8, 4) is 11.1 Å². The van der Waals surface area contributed by atoms with Crippen molar-refractivity contribution in [2.75, 3.05) is 13.2 Å². The number of fused-ring (bicyclic) bond motifs is 1. The highest BCUT2D eigenvalue weighted by Crippen LogP contribution is 2.35. The van der Waals surface area contributed by atoms with Crippen LogP contribution in [-0.4, -0.2) is 40.1 Å². The number of aliphatic hydroxyl groups is 1. The van der Waals surface area contributed by atoms with Crippen LogP contribution in [0.5, 0.6) is 0 Å². The van der Waals surface area contributed by atoms with Crippen LogP contribution in [0.1, 0.15) is 23.3 Å². The number of aliphatic hydroxyl groups excluding tert-OH is 1. The van der Waals surface area contributed by atoms with Crippen LogP contribution in [0, 0.1) is 0 Å². The number of amides is 1. The Morgan fingerprint density at radius 1 is 1.24 bits per heavy atom. The topological polar surface area (TPSA) is 56.3 Å². The van der Waals surface area contributed by atoms with Gasteiger partial charge in [-0.3, -0.25) is 4.79 Å². The number of benzene rings is 2. The molecule has 1 aliphatic heterocycles. The zero-order valence-electron chi connectivity index (χ0n) is 13.7. The molecule has 1 aliphatic rings. The summed E-state index contributed by atoms with van der Waals surface area (Å²) in [5.74, 6) is -0.0669. The van der Waals surface area contributed by atoms with Crippen molar-refractivity contribution in [2.24, 2.45) is 0 Å². The molecule has 0 bridgehead atoms. The molecule has 4 nitrogen and oxygen atoms in total. The lowest BCUT2D eigenvalue weighted by molar-refractivity contribution is 0.0673. The molecule has 0 radical (unpaired) electrons. The molecular formula is C20H19ClN2O2. The van der Waals surface area contributed by atoms with Gasteiger partial charge in [-0.05, 0) is 36.6 Å². The number of H-pyrrole nitrogens is 1. The Morgan fingerprint density at radius 3 is 2.80 bits per heavy atom. The summed E-state index contributed by atoms with van der Waals surface area (Å²) >= 11 is 6.20. The number of nitrogens with zero attached hydrogens (tertiary/aromatic N) is 1. The first-order valence-electron chi connectivity index (χ1n) is 8.47. The molecule has 0 spiro atoms. The molecular weight excluding hydrogens is 336 g/mol. The number of carbonyl (C=O) groups is 1. The number of hydrogen-bond acceptors (Lipinski definition) is 2. The van der Waals surface area contributed by atoms with Gasteiger partial charge in [0.15, 0.2) is 0 Å². The lowest BCUT2D eigenvalue weighted by Crippen LogP contribution is -2.38. The van der Waals surface area contributed by atoms with Crippen LogP contribution in [0.3, 0.4) is 0 Å². The van der Waals surface area contributed by atoms with Crippen molar-refractivity contribution in [1.82, 2.24) is 9.88 Å². The van der Waals surface area contributed by atoms with Crippen molar-refractivity contribution >= 4 is 28.4 Å². The van der Waals surface area contributed by atoms with E-state index >= 15 is 0 Å². The summed E-state index contributed by atoms with van der Waals surface area (Å²) in [5, 5.41) is 11.1. The summed E-state index contributed by atoms with van der Waals surface area (Å²) in [4.78, 5) is 18.3. The number of aromatic nitrogens is 1. The highest BCUT2D eigenvalue weighted by molar-refractivity contribution is 6.31. The summed E-state index contributed by atoms with van der Waals surface area (Å²) in [6.07, 6.45) is 1.76. The number of carbonyl (C=O) groups excluding carboxylic acids is 1. The molecule has 5 heteroatoms. The van der Waals surface area contributed by atoms with E-state index in [0.29, 0.717) is 17.3 Å². The fraction of sp³-hybridized carbons (Fsp3) is 0.250. The predicted octanol–water partition coefficient (Wildman–Crippen LogP) is 4.09. The molecule has 3 aromatic rings. The summed E-state index contributed by atoms with van der Waals surface area (Å²) in [5.41, 5.74) is 3.28. The summed E-state index contributed by atoms with van der Waals surface area (Å²) in [6.45, 7) is 0.673. The Labute approximate surface area is 151 Å². The quantitative estimate of drug-likeness (QED) is 0.744. The van der Waals surface area contributed by atoms with Gasteiger partial charge in [0.2, 0.25) is 0 Å². The molecule has 2 N–H and O–H groups in total. The van der Waals surface area contributed by atoms with Crippen molar-refractivity contribution in [3.63, 3.8) is 0 Å². The molecule has 4 rings (SSSR count). The minimum atomic E-state index is -0.105. The fourth-order valence-corrected chi connectivity index (χ4v) is 3.84. The molecule has 128 valence electrons. The first-order valence-corrected chi connectivity index (χ1v) is 8.85. The predicted molar refractivity (Wildman–Crippen MR) is 99.9 cm³/mol. The maximum atomic E-state index is 13.2. The lowest BCUT2D eigenvalue weighted by atomic mass is 10.0. The second-order valence-corrected chi connectivity index (χ2v) is 6.84. The molecule has 1 aromatic heterocycles. The molecule has 0 saturated carbocycles. The number of likely N-dealkylation sites (tertiary alicyclic amines) is 1. The minimum Gasteiger partial charge on any atom is -0.394 e. The zero-order chi connectivity index (χ0) is 17.4. The van der Waals surface area contributed by atoms with Crippen LogP contribution in [0.25, 0.3) is 22.0 Å². The van der Waals surface area contributed by atoms with Crippen molar-refractivity contribution in [3.05, 3.63) is 59.2 Å². The summed E-state index contributed by atoms with van der Waals surface area (Å²) in [6, 6.07) is 15.4. The third kappa shape index (κ3) is 2.81. The van der Waals surface area contributed by atoms with Gasteiger partial charge >= 0.3 is 0 Å². The standard InChI is InChI=1S/C20H19ClN2O2/c21-14-8-9-17-16(11-14)18(13-5-2-1-3-6-13)19(22-17)20(25)23-10-4-7-15(23)12-24/h1-3,5-6,8-9,11,15,22,24H,4,7,10,12H2/t15-/m1/s1. The number of rotatable bonds is 3. The molecule has 2 aromatic carbocycles. The Kier molecular flexibility index (Phi) is 4.24. The molecule has 1 amide bonds. The molecule has 25 heavy (non-hydrogen) atoms. The van der Waals surface area contributed by atoms with Crippen LogP contribution in [0.2, 0.25) is 5.02 Å². The maximum absolute atomic E-state index is 13.2. The average molecular weight is 355 g/mol. The van der Waals surface area contributed by atoms with Gasteiger partial charge in [0.1, 0.15) is 5.69 Å². The van der Waals surface area contributed by atoms with E-state index in [1.165, 1.54) is 0 Å². The van der Waals surface area contributed by atoms with Crippen LogP contribution in [0.4, 0.5) is 0 Å². The van der Waals surface area contributed by atoms with Crippen LogP contribution in [-0.2, 0) is 0 Å². The van der Waals surface area contributed by atoms with E-state index in [4.69, 9.17) is 11.6 Å². The van der Waals surface area contributed by atoms with Crippen molar-refractivity contribution in [2.45, 2.75) is 18.9 Å². The number of aromatic amines is 1. The second kappa shape index (κ2) is 6.54. The smallest absolute Gasteiger partial charge is 0.271 e. The molecule has 2 heterocycles. The van der Waals surface area contributed by atoms with Gasteiger partial charge < -0.3 is 15.0 Å². The van der Waals surface area contributed by atoms with Gasteiger partial charge in [-0.25, -0.2) is 0 Å². The molecule has 1 fully saturated rings. The monoisotopic (exact) mass is 354 g/mol. The largest absolute Gasteiger partial charge is 0.394 e. The Hall–Kier alpha value is -2.30. The highest BCUT2D eigenvalue weighted by atomic mass is 35.5. The third-order valence-corrected chi connectivity index (χ3v) is 5.12. The van der Waals surface area contributed by atoms with Gasteiger partial charge in [-0.1, -0.05) is 41.9 Å². The Bertz CT molecular complexity index is 920. The van der Waals surface area contributed by atoms with Gasteiger partial charge in [0.05, 0.1) is 12.6 Å². The van der Waals surface area contributed by atoms with Crippen LogP contribution >= 0.6 is 11.6 Å². The normalized spacial score (nSPS) is 17.4. The molecule has 0 aliphatic carbocycles. The summed E-state index contributed by atoms with van der Waals surface area (Å²) < 4.78 is 0. The van der Waals surface area contributed by atoms with Gasteiger partial charge in [-0.15, -0.1) is 0 Å². The number of halogens is 1.